The number of carbonyl (C=O) groups is 2. The highest BCUT2D eigenvalue weighted by molar-refractivity contribution is 8.19. The predicted octanol–water partition coefficient (Wildman–Crippen LogP) is 7.94. The molecule has 7 rings (SSSR count). The van der Waals surface area contributed by atoms with Gasteiger partial charge >= 0.3 is 5.97 Å². The minimum atomic E-state index is -2.67. The largest absolute Gasteiger partial charge is 0.478 e. The number of likely N-dealkylation sites (tertiary alicyclic amines) is 1. The molecule has 2 saturated carbocycles. The monoisotopic (exact) mass is 656 g/mol. The van der Waals surface area contributed by atoms with Crippen molar-refractivity contribution in [2.45, 2.75) is 120 Å². The molecule has 3 aliphatic heterocycles. The van der Waals surface area contributed by atoms with Gasteiger partial charge in [0.25, 0.3) is 5.92 Å². The lowest BCUT2D eigenvalue weighted by atomic mass is 9.41. The molecule has 6 aliphatic rings. The van der Waals surface area contributed by atoms with Crippen molar-refractivity contribution < 1.29 is 23.5 Å². The number of nitrogens with zero attached hydrogens (tertiary/aromatic N) is 1. The maximum Gasteiger partial charge on any atom is 0.335 e. The van der Waals surface area contributed by atoms with Crippen molar-refractivity contribution in [2.24, 2.45) is 28.1 Å². The van der Waals surface area contributed by atoms with Gasteiger partial charge in [0.15, 0.2) is 0 Å². The van der Waals surface area contributed by atoms with Gasteiger partial charge in [0.1, 0.15) is 0 Å². The Balaban J connectivity index is 1.13. The summed E-state index contributed by atoms with van der Waals surface area (Å²) in [5, 5.41) is 13.5. The van der Waals surface area contributed by atoms with Crippen molar-refractivity contribution >= 4 is 28.3 Å². The Morgan fingerprint density at radius 3 is 2.37 bits per heavy atom. The summed E-state index contributed by atoms with van der Waals surface area (Å²) in [4.78, 5) is 26.5. The van der Waals surface area contributed by atoms with Crippen molar-refractivity contribution in [3.63, 3.8) is 0 Å². The van der Waals surface area contributed by atoms with E-state index in [1.807, 2.05) is 12.1 Å². The van der Waals surface area contributed by atoms with Crippen LogP contribution < -0.4 is 5.32 Å². The van der Waals surface area contributed by atoms with Crippen LogP contribution in [-0.4, -0.2) is 68.7 Å². The fraction of sp³-hybridized carbons (Fsp3) is 0.737. The number of amides is 1. The number of nitrogens with one attached hydrogen (secondary N) is 1. The van der Waals surface area contributed by atoms with E-state index >= 15 is 0 Å². The number of benzene rings is 1. The zero-order valence-electron chi connectivity index (χ0n) is 28.4. The van der Waals surface area contributed by atoms with Gasteiger partial charge in [0.05, 0.1) is 24.2 Å². The Bertz CT molecular complexity index is 1450. The molecule has 4 unspecified atom stereocenters. The molecule has 3 saturated heterocycles. The van der Waals surface area contributed by atoms with Gasteiger partial charge < -0.3 is 10.4 Å². The molecule has 3 aliphatic carbocycles. The number of fused-ring (bicyclic) bond motifs is 7. The molecule has 1 aromatic carbocycles. The minimum Gasteiger partial charge on any atom is -0.478 e. The van der Waals surface area contributed by atoms with Gasteiger partial charge in [0.2, 0.25) is 5.91 Å². The van der Waals surface area contributed by atoms with Crippen LogP contribution in [0.3, 0.4) is 0 Å². The number of alkyl halides is 2. The molecule has 8 heteroatoms. The molecule has 2 N–H and O–H groups in total. The van der Waals surface area contributed by atoms with Crippen molar-refractivity contribution in [3.8, 4) is 0 Å². The number of thiol groups is 1. The average Bonchev–Trinajstić information content (AvgIpc) is 3.55. The lowest BCUT2D eigenvalue weighted by Crippen LogP contribution is -2.68. The molecular weight excluding hydrogens is 602 g/mol. The molecule has 1 amide bonds. The first-order valence-corrected chi connectivity index (χ1v) is 19.4. The third-order valence-corrected chi connectivity index (χ3v) is 19.0. The van der Waals surface area contributed by atoms with Crippen molar-refractivity contribution in [3.05, 3.63) is 41.5 Å². The summed E-state index contributed by atoms with van der Waals surface area (Å²) in [6.45, 7) is 12.8. The number of hydrogen-bond acceptors (Lipinski definition) is 3. The Morgan fingerprint density at radius 1 is 0.957 bits per heavy atom. The van der Waals surface area contributed by atoms with Crippen LogP contribution in [0.5, 0.6) is 0 Å². The van der Waals surface area contributed by atoms with Gasteiger partial charge in [-0.3, -0.25) is 9.69 Å². The summed E-state index contributed by atoms with van der Waals surface area (Å²) in [5.74, 6) is -1.16. The summed E-state index contributed by atoms with van der Waals surface area (Å²) in [7, 11) is -0.307. The highest BCUT2D eigenvalue weighted by Crippen LogP contribution is 2.77. The van der Waals surface area contributed by atoms with E-state index in [-0.39, 0.29) is 62.8 Å². The first kappa shape index (κ1) is 32.6. The Kier molecular flexibility index (Phi) is 7.65. The molecular formula is C38H54F2N2O3S. The van der Waals surface area contributed by atoms with Gasteiger partial charge in [-0.1, -0.05) is 52.8 Å². The van der Waals surface area contributed by atoms with Crippen LogP contribution in [0.2, 0.25) is 0 Å². The standard InChI is InChI=1S/C38H54F2N2O3S/c1-33(2)27(25-8-10-26(11-9-25)32(44)45)12-16-34(3)28(33)13-17-35(4)29(34)14-22-46-30-7-6-15-37(30,19-18-36(35,46)5)41-31(43)23-42-21-20-38(39,40)24-42/h8-12,28-30,46H,6-7,13-24H2,1-5H3,(H,41,43)(H,44,45)/t28?,29?,30?,34-,35+,36-,37-/m0/s1. The van der Waals surface area contributed by atoms with E-state index in [9.17, 15) is 23.5 Å². The summed E-state index contributed by atoms with van der Waals surface area (Å²) < 4.78 is 27.9. The second-order valence-electron chi connectivity index (χ2n) is 17.2. The quantitative estimate of drug-likeness (QED) is 0.282. The number of halogens is 2. The van der Waals surface area contributed by atoms with E-state index in [0.717, 1.165) is 37.7 Å². The van der Waals surface area contributed by atoms with E-state index < -0.39 is 11.9 Å². The highest BCUT2D eigenvalue weighted by atomic mass is 32.2. The number of carboxylic acids is 1. The number of hydrogen-bond donors (Lipinski definition) is 3. The van der Waals surface area contributed by atoms with Gasteiger partial charge in [-0.2, -0.15) is 0 Å². The van der Waals surface area contributed by atoms with Gasteiger partial charge in [-0.25, -0.2) is 24.5 Å². The van der Waals surface area contributed by atoms with E-state index in [0.29, 0.717) is 29.2 Å². The molecule has 254 valence electrons. The second-order valence-corrected chi connectivity index (χ2v) is 20.2. The van der Waals surface area contributed by atoms with Gasteiger partial charge in [-0.15, -0.1) is 0 Å². The van der Waals surface area contributed by atoms with Gasteiger partial charge in [0, 0.05) is 23.0 Å². The Hall–Kier alpha value is -1.93. The fourth-order valence-electron chi connectivity index (χ4n) is 12.4. The Labute approximate surface area is 276 Å². The molecule has 5 nitrogen and oxygen atoms in total. The van der Waals surface area contributed by atoms with Crippen molar-refractivity contribution in [1.82, 2.24) is 10.2 Å². The molecule has 46 heavy (non-hydrogen) atoms. The third kappa shape index (κ3) is 4.76. The molecule has 0 aromatic heterocycles. The van der Waals surface area contributed by atoms with Crippen LogP contribution >= 0.6 is 10.9 Å². The van der Waals surface area contributed by atoms with Crippen LogP contribution in [0.1, 0.15) is 115 Å². The summed E-state index contributed by atoms with van der Waals surface area (Å²) in [5.41, 5.74) is 3.11. The molecule has 0 spiro atoms. The maximum absolute atomic E-state index is 13.8. The lowest BCUT2D eigenvalue weighted by Gasteiger charge is -2.73. The number of carbonyl (C=O) groups excluding carboxylic acids is 1. The fourth-order valence-corrected chi connectivity index (χ4v) is 17.2. The first-order valence-electron chi connectivity index (χ1n) is 17.8. The van der Waals surface area contributed by atoms with Crippen LogP contribution in [-0.2, 0) is 4.79 Å². The van der Waals surface area contributed by atoms with E-state index in [4.69, 9.17) is 0 Å². The van der Waals surface area contributed by atoms with Crippen LogP contribution in [0.4, 0.5) is 8.78 Å². The number of aromatic carboxylic acids is 1. The van der Waals surface area contributed by atoms with E-state index in [1.54, 1.807) is 17.0 Å². The smallest absolute Gasteiger partial charge is 0.335 e. The van der Waals surface area contributed by atoms with Crippen molar-refractivity contribution in [1.29, 1.82) is 0 Å². The second kappa shape index (κ2) is 10.8. The molecule has 5 fully saturated rings. The van der Waals surface area contributed by atoms with Crippen LogP contribution in [0.15, 0.2) is 30.3 Å². The zero-order chi connectivity index (χ0) is 32.9. The maximum atomic E-state index is 13.8. The van der Waals surface area contributed by atoms with Gasteiger partial charge in [-0.05, 0) is 115 Å². The molecule has 3 heterocycles. The minimum absolute atomic E-state index is 0.0150. The predicted molar refractivity (Wildman–Crippen MR) is 183 cm³/mol. The third-order valence-electron chi connectivity index (χ3n) is 14.8. The van der Waals surface area contributed by atoms with Crippen LogP contribution in [0.25, 0.3) is 5.57 Å². The topological polar surface area (TPSA) is 69.6 Å². The zero-order valence-corrected chi connectivity index (χ0v) is 29.3. The first-order chi connectivity index (χ1) is 21.5. The molecule has 8 atom stereocenters. The van der Waals surface area contributed by atoms with Crippen LogP contribution in [0, 0.1) is 28.1 Å². The van der Waals surface area contributed by atoms with Crippen molar-refractivity contribution in [2.75, 3.05) is 25.4 Å². The summed E-state index contributed by atoms with van der Waals surface area (Å²) in [6.07, 6.45) is 12.6. The molecule has 0 bridgehead atoms. The number of carboxylic acid groups (broad SMARTS) is 1. The highest BCUT2D eigenvalue weighted by Gasteiger charge is 2.68. The summed E-state index contributed by atoms with van der Waals surface area (Å²) >= 11 is 0. The molecule has 1 aromatic rings. The SMILES string of the molecule is CC1(C)C(c2ccc(C(=O)O)cc2)=CC[C@@]2(C)C1CC[C@]1(C)C2CC[SH]2C3CCC[C@]3(NC(=O)CN3CCC(F)(F)C3)CC[C@]21C. The van der Waals surface area contributed by atoms with E-state index in [2.05, 4.69) is 46.0 Å². The lowest BCUT2D eigenvalue weighted by molar-refractivity contribution is -0.125. The summed E-state index contributed by atoms with van der Waals surface area (Å²) in [6, 6.07) is 7.47. The Morgan fingerprint density at radius 2 is 1.70 bits per heavy atom. The van der Waals surface area contributed by atoms with E-state index in [1.165, 1.54) is 37.0 Å². The average molecular weight is 657 g/mol. The number of allylic oxidation sites excluding steroid dienone is 2. The normalized spacial score (nSPS) is 43.4. The number of rotatable bonds is 5. The molecule has 0 radical (unpaired) electrons.